The summed E-state index contributed by atoms with van der Waals surface area (Å²) in [6.07, 6.45) is -0.257. The predicted molar refractivity (Wildman–Crippen MR) is 118 cm³/mol. The Morgan fingerprint density at radius 3 is 2.55 bits per heavy atom. The average Bonchev–Trinajstić information content (AvgIpc) is 3.10. The highest BCUT2D eigenvalue weighted by atomic mass is 35.5. The molecule has 2 aromatic carbocycles. The number of hydrogen-bond donors (Lipinski definition) is 1. The summed E-state index contributed by atoms with van der Waals surface area (Å²) in [5.41, 5.74) is 1.02. The molecule has 1 spiro atoms. The summed E-state index contributed by atoms with van der Waals surface area (Å²) in [6.45, 7) is 2.16. The van der Waals surface area contributed by atoms with E-state index < -0.39 is 17.7 Å². The fraction of sp³-hybridized carbons (Fsp3) is 0.391. The first-order valence-corrected chi connectivity index (χ1v) is 11.1. The van der Waals surface area contributed by atoms with Crippen LogP contribution in [0.15, 0.2) is 48.5 Å². The van der Waals surface area contributed by atoms with Crippen LogP contribution in [0.5, 0.6) is 0 Å². The molecule has 3 fully saturated rings. The van der Waals surface area contributed by atoms with Crippen molar-refractivity contribution in [2.75, 3.05) is 19.6 Å². The van der Waals surface area contributed by atoms with Crippen molar-refractivity contribution in [2.24, 2.45) is 0 Å². The third-order valence-corrected chi connectivity index (χ3v) is 7.18. The molecular formula is C23H23Cl2N3O3. The number of imide groups is 1. The largest absolute Gasteiger partial charge is 0.392 e. The summed E-state index contributed by atoms with van der Waals surface area (Å²) in [5.74, 6) is -0.435. The number of β-amino-alcohol motifs (C(OH)–C–C–N with tert-alkyl or cyclic N) is 1. The Labute approximate surface area is 190 Å². The van der Waals surface area contributed by atoms with Gasteiger partial charge < -0.3 is 5.11 Å². The molecule has 8 heteroatoms. The Kier molecular flexibility index (Phi) is 5.31. The summed E-state index contributed by atoms with van der Waals surface area (Å²) in [5, 5.41) is 11.6. The van der Waals surface area contributed by atoms with Crippen LogP contribution in [0.3, 0.4) is 0 Å². The predicted octanol–water partition coefficient (Wildman–Crippen LogP) is 2.55. The monoisotopic (exact) mass is 459 g/mol. The van der Waals surface area contributed by atoms with Gasteiger partial charge in [0.25, 0.3) is 5.91 Å². The normalized spacial score (nSPS) is 25.7. The summed E-state index contributed by atoms with van der Waals surface area (Å²) in [7, 11) is 0. The first-order valence-electron chi connectivity index (χ1n) is 10.4. The summed E-state index contributed by atoms with van der Waals surface area (Å²) in [6, 6.07) is 14.4. The van der Waals surface area contributed by atoms with E-state index in [1.807, 2.05) is 41.3 Å². The van der Waals surface area contributed by atoms with Gasteiger partial charge in [-0.1, -0.05) is 53.5 Å². The van der Waals surface area contributed by atoms with Crippen molar-refractivity contribution in [3.8, 4) is 0 Å². The van der Waals surface area contributed by atoms with E-state index in [4.69, 9.17) is 23.2 Å². The van der Waals surface area contributed by atoms with E-state index in [1.165, 1.54) is 4.90 Å². The van der Waals surface area contributed by atoms with Gasteiger partial charge in [0.1, 0.15) is 5.54 Å². The highest BCUT2D eigenvalue weighted by Crippen LogP contribution is 2.41. The number of likely N-dealkylation sites (tertiary alicyclic amines) is 1. The number of carbonyl (C=O) groups excluding carboxylic acids is 2. The van der Waals surface area contributed by atoms with Gasteiger partial charge in [0.05, 0.1) is 18.7 Å². The van der Waals surface area contributed by atoms with Crippen LogP contribution in [0.25, 0.3) is 0 Å². The van der Waals surface area contributed by atoms with Gasteiger partial charge in [-0.3, -0.25) is 24.3 Å². The Morgan fingerprint density at radius 2 is 1.81 bits per heavy atom. The van der Waals surface area contributed by atoms with Gasteiger partial charge in [-0.05, 0) is 35.7 Å². The molecule has 162 valence electrons. The molecule has 0 aliphatic carbocycles. The second-order valence-corrected chi connectivity index (χ2v) is 9.53. The minimum absolute atomic E-state index is 0.185. The van der Waals surface area contributed by atoms with Crippen molar-refractivity contribution >= 4 is 35.0 Å². The fourth-order valence-electron chi connectivity index (χ4n) is 5.13. The lowest BCUT2D eigenvalue weighted by Crippen LogP contribution is -2.81. The van der Waals surface area contributed by atoms with Gasteiger partial charge in [0.2, 0.25) is 5.91 Å². The van der Waals surface area contributed by atoms with Crippen LogP contribution < -0.4 is 0 Å². The van der Waals surface area contributed by atoms with Crippen molar-refractivity contribution in [1.29, 1.82) is 0 Å². The molecule has 1 N–H and O–H groups in total. The molecule has 2 unspecified atom stereocenters. The number of halogens is 2. The molecular weight excluding hydrogens is 437 g/mol. The van der Waals surface area contributed by atoms with E-state index in [-0.39, 0.29) is 18.4 Å². The summed E-state index contributed by atoms with van der Waals surface area (Å²) >= 11 is 12.4. The van der Waals surface area contributed by atoms with Crippen LogP contribution in [0.2, 0.25) is 10.0 Å². The minimum Gasteiger partial charge on any atom is -0.392 e. The van der Waals surface area contributed by atoms with Crippen LogP contribution >= 0.6 is 23.2 Å². The molecule has 3 aliphatic rings. The zero-order valence-electron chi connectivity index (χ0n) is 16.9. The maximum absolute atomic E-state index is 13.6. The lowest BCUT2D eigenvalue weighted by atomic mass is 9.82. The fourth-order valence-corrected chi connectivity index (χ4v) is 5.54. The number of hydrogen-bond acceptors (Lipinski definition) is 5. The lowest BCUT2D eigenvalue weighted by molar-refractivity contribution is -0.181. The minimum atomic E-state index is -0.796. The first-order chi connectivity index (χ1) is 14.9. The molecule has 31 heavy (non-hydrogen) atoms. The molecule has 0 aromatic heterocycles. The zero-order chi connectivity index (χ0) is 21.8. The Hall–Kier alpha value is -1.96. The number of rotatable bonds is 4. The quantitative estimate of drug-likeness (QED) is 0.711. The molecule has 3 heterocycles. The Morgan fingerprint density at radius 1 is 1.03 bits per heavy atom. The molecule has 0 bridgehead atoms. The van der Waals surface area contributed by atoms with Crippen molar-refractivity contribution in [3.63, 3.8) is 0 Å². The number of nitrogens with zero attached hydrogens (tertiary/aromatic N) is 3. The maximum Gasteiger partial charge on any atom is 0.252 e. The second-order valence-electron chi connectivity index (χ2n) is 8.69. The number of aliphatic hydroxyl groups excluding tert-OH is 1. The Bertz CT molecular complexity index is 1040. The van der Waals surface area contributed by atoms with Crippen molar-refractivity contribution in [3.05, 3.63) is 69.7 Å². The first kappa shape index (κ1) is 20.9. The highest BCUT2D eigenvalue weighted by Gasteiger charge is 2.64. The molecule has 0 radical (unpaired) electrons. The van der Waals surface area contributed by atoms with Crippen molar-refractivity contribution in [2.45, 2.75) is 37.2 Å². The van der Waals surface area contributed by atoms with Crippen molar-refractivity contribution < 1.29 is 14.7 Å². The number of carbonyl (C=O) groups is 2. The topological polar surface area (TPSA) is 64.1 Å². The number of fused-ring (bicyclic) bond motifs is 2. The molecule has 3 saturated heterocycles. The van der Waals surface area contributed by atoms with Crippen LogP contribution in [0.4, 0.5) is 0 Å². The number of piperazine rings is 1. The van der Waals surface area contributed by atoms with Crippen LogP contribution in [-0.2, 0) is 22.7 Å². The third kappa shape index (κ3) is 3.56. The average molecular weight is 460 g/mol. The number of amides is 2. The Balaban J connectivity index is 1.40. The molecule has 2 amide bonds. The van der Waals surface area contributed by atoms with Gasteiger partial charge in [-0.2, -0.15) is 0 Å². The summed E-state index contributed by atoms with van der Waals surface area (Å²) < 4.78 is 0. The number of aliphatic hydroxyl groups is 1. The van der Waals surface area contributed by atoms with Gasteiger partial charge in [0, 0.05) is 36.2 Å². The van der Waals surface area contributed by atoms with Crippen LogP contribution in [0.1, 0.15) is 17.5 Å². The third-order valence-electron chi connectivity index (χ3n) is 6.57. The van der Waals surface area contributed by atoms with Gasteiger partial charge in [-0.25, -0.2) is 0 Å². The SMILES string of the molecule is O=C1C2CC(O)CN2C2(CN(Cc3ccccc3Cl)C2)C(=O)N1Cc1cccc(Cl)c1. The van der Waals surface area contributed by atoms with E-state index in [1.54, 1.807) is 12.1 Å². The van der Waals surface area contributed by atoms with Crippen molar-refractivity contribution in [1.82, 2.24) is 14.7 Å². The highest BCUT2D eigenvalue weighted by molar-refractivity contribution is 6.31. The van der Waals surface area contributed by atoms with Gasteiger partial charge >= 0.3 is 0 Å². The molecule has 6 nitrogen and oxygen atoms in total. The number of benzene rings is 2. The van der Waals surface area contributed by atoms with Crippen LogP contribution in [-0.4, -0.2) is 68.9 Å². The zero-order valence-corrected chi connectivity index (χ0v) is 18.4. The molecule has 2 aromatic rings. The second kappa shape index (κ2) is 7.87. The standard InChI is InChI=1S/C23H23Cl2N3O3/c24-17-6-3-4-15(8-17)10-27-21(30)20-9-18(29)12-28(20)23(22(27)31)13-26(14-23)11-16-5-1-2-7-19(16)25/h1-8,18,20,29H,9-14H2. The smallest absolute Gasteiger partial charge is 0.252 e. The van der Waals surface area contributed by atoms with Gasteiger partial charge in [-0.15, -0.1) is 0 Å². The molecule has 3 aliphatic heterocycles. The molecule has 5 rings (SSSR count). The van der Waals surface area contributed by atoms with Crippen LogP contribution in [0, 0.1) is 0 Å². The van der Waals surface area contributed by atoms with E-state index >= 15 is 0 Å². The van der Waals surface area contributed by atoms with E-state index in [0.29, 0.717) is 42.6 Å². The van der Waals surface area contributed by atoms with E-state index in [0.717, 1.165) is 11.1 Å². The lowest BCUT2D eigenvalue weighted by Gasteiger charge is -2.58. The van der Waals surface area contributed by atoms with E-state index in [9.17, 15) is 14.7 Å². The van der Waals surface area contributed by atoms with E-state index in [2.05, 4.69) is 4.90 Å². The van der Waals surface area contributed by atoms with Gasteiger partial charge in [0.15, 0.2) is 0 Å². The molecule has 0 saturated carbocycles. The summed E-state index contributed by atoms with van der Waals surface area (Å²) in [4.78, 5) is 32.3. The molecule has 2 atom stereocenters. The maximum atomic E-state index is 13.6.